The van der Waals surface area contributed by atoms with Crippen molar-refractivity contribution in [2.24, 2.45) is 0 Å². The highest BCUT2D eigenvalue weighted by molar-refractivity contribution is 5.95. The van der Waals surface area contributed by atoms with E-state index in [1.165, 1.54) is 17.7 Å². The van der Waals surface area contributed by atoms with E-state index in [-0.39, 0.29) is 30.4 Å². The van der Waals surface area contributed by atoms with Gasteiger partial charge in [0.05, 0.1) is 6.07 Å². The molecular weight excluding hydrogens is 266 g/mol. The summed E-state index contributed by atoms with van der Waals surface area (Å²) >= 11 is 0. The van der Waals surface area contributed by atoms with Gasteiger partial charge in [-0.05, 0) is 25.7 Å². The van der Waals surface area contributed by atoms with Crippen LogP contribution in [0.5, 0.6) is 0 Å². The highest BCUT2D eigenvalue weighted by atomic mass is 16.2. The lowest BCUT2D eigenvalue weighted by molar-refractivity contribution is -0.129. The second kappa shape index (κ2) is 8.02. The first-order valence-corrected chi connectivity index (χ1v) is 8.22. The summed E-state index contributed by atoms with van der Waals surface area (Å²) in [4.78, 5) is 26.0. The van der Waals surface area contributed by atoms with E-state index in [2.05, 4.69) is 5.32 Å². The third-order valence-corrected chi connectivity index (χ3v) is 4.59. The van der Waals surface area contributed by atoms with Crippen molar-refractivity contribution in [2.45, 2.75) is 82.7 Å². The Kier molecular flexibility index (Phi) is 6.04. The van der Waals surface area contributed by atoms with Gasteiger partial charge in [-0.1, -0.05) is 38.5 Å². The van der Waals surface area contributed by atoms with Crippen LogP contribution in [0.3, 0.4) is 0 Å². The lowest BCUT2D eigenvalue weighted by Crippen LogP contribution is -2.52. The van der Waals surface area contributed by atoms with E-state index in [0.29, 0.717) is 0 Å². The van der Waals surface area contributed by atoms with E-state index < -0.39 is 0 Å². The van der Waals surface area contributed by atoms with Crippen LogP contribution in [-0.4, -0.2) is 28.9 Å². The molecule has 0 aromatic rings. The van der Waals surface area contributed by atoms with Crippen molar-refractivity contribution in [2.75, 3.05) is 0 Å². The largest absolute Gasteiger partial charge is 0.335 e. The molecule has 5 nitrogen and oxygen atoms in total. The Morgan fingerprint density at radius 3 is 2.14 bits per heavy atom. The third kappa shape index (κ3) is 4.45. The number of hydrogen-bond acceptors (Lipinski definition) is 3. The number of nitriles is 1. The molecule has 2 aliphatic rings. The van der Waals surface area contributed by atoms with Crippen LogP contribution < -0.4 is 5.32 Å². The zero-order chi connectivity index (χ0) is 15.1. The molecule has 0 unspecified atom stereocenters. The number of hydrogen-bond donors (Lipinski definition) is 1. The van der Waals surface area contributed by atoms with Crippen LogP contribution in [0.4, 0.5) is 4.79 Å². The summed E-state index contributed by atoms with van der Waals surface area (Å²) in [5.41, 5.74) is 0. The van der Waals surface area contributed by atoms with Crippen LogP contribution >= 0.6 is 0 Å². The molecule has 2 rings (SSSR count). The summed E-state index contributed by atoms with van der Waals surface area (Å²) in [5, 5.41) is 11.8. The fourth-order valence-corrected chi connectivity index (χ4v) is 3.47. The number of carbonyl (C=O) groups excluding carboxylic acids is 2. The standard InChI is InChI=1S/C16H25N3O2/c17-12-11-15(20)19(14-9-5-2-6-10-14)16(21)18-13-7-3-1-4-8-13/h13-14H,1-11H2,(H,18,21). The maximum Gasteiger partial charge on any atom is 0.324 e. The number of nitrogens with zero attached hydrogens (tertiary/aromatic N) is 2. The molecule has 2 fully saturated rings. The van der Waals surface area contributed by atoms with Gasteiger partial charge in [0.15, 0.2) is 0 Å². The monoisotopic (exact) mass is 291 g/mol. The smallest absolute Gasteiger partial charge is 0.324 e. The number of nitrogens with one attached hydrogen (secondary N) is 1. The number of amides is 3. The third-order valence-electron chi connectivity index (χ3n) is 4.59. The Labute approximate surface area is 126 Å². The fourth-order valence-electron chi connectivity index (χ4n) is 3.47. The molecule has 0 bridgehead atoms. The van der Waals surface area contributed by atoms with E-state index in [0.717, 1.165) is 51.4 Å². The number of rotatable bonds is 3. The van der Waals surface area contributed by atoms with Gasteiger partial charge in [0, 0.05) is 12.1 Å². The van der Waals surface area contributed by atoms with E-state index in [9.17, 15) is 9.59 Å². The Morgan fingerprint density at radius 2 is 1.57 bits per heavy atom. The summed E-state index contributed by atoms with van der Waals surface area (Å²) in [6, 6.07) is 1.75. The first-order valence-electron chi connectivity index (χ1n) is 8.22. The first-order chi connectivity index (χ1) is 10.2. The van der Waals surface area contributed by atoms with Gasteiger partial charge >= 0.3 is 6.03 Å². The molecule has 21 heavy (non-hydrogen) atoms. The van der Waals surface area contributed by atoms with E-state index in [1.54, 1.807) is 0 Å². The van der Waals surface area contributed by atoms with Gasteiger partial charge in [-0.15, -0.1) is 0 Å². The summed E-state index contributed by atoms with van der Waals surface area (Å²) in [6.07, 6.45) is 10.3. The predicted molar refractivity (Wildman–Crippen MR) is 79.4 cm³/mol. The zero-order valence-corrected chi connectivity index (χ0v) is 12.6. The van der Waals surface area contributed by atoms with Crippen molar-refractivity contribution in [1.29, 1.82) is 5.26 Å². The summed E-state index contributed by atoms with van der Waals surface area (Å²) in [6.45, 7) is 0. The molecule has 0 radical (unpaired) electrons. The Hall–Kier alpha value is -1.57. The quantitative estimate of drug-likeness (QED) is 0.868. The number of carbonyl (C=O) groups is 2. The van der Waals surface area contributed by atoms with Gasteiger partial charge in [-0.3, -0.25) is 9.69 Å². The minimum Gasteiger partial charge on any atom is -0.335 e. The van der Waals surface area contributed by atoms with Gasteiger partial charge in [0.1, 0.15) is 6.42 Å². The maximum atomic E-state index is 12.5. The topological polar surface area (TPSA) is 73.2 Å². The molecule has 0 atom stereocenters. The van der Waals surface area contributed by atoms with Crippen LogP contribution in [0.2, 0.25) is 0 Å². The molecular formula is C16H25N3O2. The molecule has 1 N–H and O–H groups in total. The van der Waals surface area contributed by atoms with E-state index in [4.69, 9.17) is 5.26 Å². The molecule has 0 aromatic heterocycles. The predicted octanol–water partition coefficient (Wildman–Crippen LogP) is 3.10. The average molecular weight is 291 g/mol. The van der Waals surface area contributed by atoms with Crippen LogP contribution in [0, 0.1) is 11.3 Å². The van der Waals surface area contributed by atoms with Gasteiger partial charge in [-0.2, -0.15) is 5.26 Å². The Bertz CT molecular complexity index is 404. The lowest BCUT2D eigenvalue weighted by Gasteiger charge is -2.34. The highest BCUT2D eigenvalue weighted by Crippen LogP contribution is 2.24. The van der Waals surface area contributed by atoms with Crippen LogP contribution in [0.1, 0.15) is 70.6 Å². The second-order valence-corrected chi connectivity index (χ2v) is 6.17. The number of urea groups is 1. The Morgan fingerprint density at radius 1 is 1.00 bits per heavy atom. The molecule has 0 heterocycles. The molecule has 5 heteroatoms. The molecule has 2 saturated carbocycles. The molecule has 116 valence electrons. The van der Waals surface area contributed by atoms with Gasteiger partial charge < -0.3 is 5.32 Å². The van der Waals surface area contributed by atoms with Gasteiger partial charge in [0.25, 0.3) is 0 Å². The Balaban J connectivity index is 2.00. The van der Waals surface area contributed by atoms with Crippen molar-refractivity contribution in [3.05, 3.63) is 0 Å². The molecule has 0 aromatic carbocycles. The van der Waals surface area contributed by atoms with E-state index >= 15 is 0 Å². The van der Waals surface area contributed by atoms with Crippen LogP contribution in [-0.2, 0) is 4.79 Å². The summed E-state index contributed by atoms with van der Waals surface area (Å²) in [5.74, 6) is -0.349. The van der Waals surface area contributed by atoms with Crippen molar-refractivity contribution in [1.82, 2.24) is 10.2 Å². The zero-order valence-electron chi connectivity index (χ0n) is 12.6. The summed E-state index contributed by atoms with van der Waals surface area (Å²) < 4.78 is 0. The van der Waals surface area contributed by atoms with Crippen LogP contribution in [0.15, 0.2) is 0 Å². The number of imide groups is 1. The fraction of sp³-hybridized carbons (Fsp3) is 0.812. The lowest BCUT2D eigenvalue weighted by atomic mass is 9.93. The second-order valence-electron chi connectivity index (χ2n) is 6.17. The normalized spacial score (nSPS) is 20.5. The average Bonchev–Trinajstić information content (AvgIpc) is 2.50. The van der Waals surface area contributed by atoms with Crippen molar-refractivity contribution >= 4 is 11.9 Å². The van der Waals surface area contributed by atoms with Crippen molar-refractivity contribution in [3.8, 4) is 6.07 Å². The van der Waals surface area contributed by atoms with Crippen molar-refractivity contribution < 1.29 is 9.59 Å². The maximum absolute atomic E-state index is 12.5. The SMILES string of the molecule is N#CCC(=O)N(C(=O)NC1CCCCC1)C1CCCCC1. The van der Waals surface area contributed by atoms with Gasteiger partial charge in [-0.25, -0.2) is 4.79 Å². The molecule has 0 aliphatic heterocycles. The first kappa shape index (κ1) is 15.8. The minimum atomic E-state index is -0.349. The van der Waals surface area contributed by atoms with Crippen LogP contribution in [0.25, 0.3) is 0 Å². The minimum absolute atomic E-state index is 0.0248. The highest BCUT2D eigenvalue weighted by Gasteiger charge is 2.31. The molecule has 3 amide bonds. The molecule has 0 saturated heterocycles. The summed E-state index contributed by atoms with van der Waals surface area (Å²) in [7, 11) is 0. The molecule has 0 spiro atoms. The molecule has 2 aliphatic carbocycles. The van der Waals surface area contributed by atoms with E-state index in [1.807, 2.05) is 6.07 Å². The van der Waals surface area contributed by atoms with Gasteiger partial charge in [0.2, 0.25) is 5.91 Å². The van der Waals surface area contributed by atoms with Crippen molar-refractivity contribution in [3.63, 3.8) is 0 Å².